The third-order valence-corrected chi connectivity index (χ3v) is 5.21. The van der Waals surface area contributed by atoms with Crippen molar-refractivity contribution in [1.29, 1.82) is 0 Å². The number of amides is 1. The van der Waals surface area contributed by atoms with Crippen molar-refractivity contribution in [3.8, 4) is 5.69 Å². The molecule has 0 bridgehead atoms. The van der Waals surface area contributed by atoms with Gasteiger partial charge >= 0.3 is 0 Å². The monoisotopic (exact) mass is 361 g/mol. The van der Waals surface area contributed by atoms with Crippen molar-refractivity contribution >= 4 is 17.7 Å². The fourth-order valence-electron chi connectivity index (χ4n) is 2.45. The van der Waals surface area contributed by atoms with E-state index in [1.807, 2.05) is 10.6 Å². The molecule has 0 atom stereocenters. The van der Waals surface area contributed by atoms with Crippen molar-refractivity contribution in [3.05, 3.63) is 35.7 Å². The molecule has 1 amide bonds. The van der Waals surface area contributed by atoms with E-state index in [9.17, 15) is 4.79 Å². The molecule has 0 fully saturated rings. The minimum atomic E-state index is 0.0202. The van der Waals surface area contributed by atoms with E-state index >= 15 is 0 Å². The van der Waals surface area contributed by atoms with Crippen LogP contribution in [0.2, 0.25) is 0 Å². The second kappa shape index (κ2) is 9.58. The number of rotatable bonds is 9. The van der Waals surface area contributed by atoms with Crippen molar-refractivity contribution in [2.45, 2.75) is 32.9 Å². The van der Waals surface area contributed by atoms with E-state index in [-0.39, 0.29) is 5.91 Å². The van der Waals surface area contributed by atoms with Crippen LogP contribution in [-0.4, -0.2) is 57.5 Å². The summed E-state index contributed by atoms with van der Waals surface area (Å²) in [5, 5.41) is 11.8. The van der Waals surface area contributed by atoms with Gasteiger partial charge in [-0.25, -0.2) is 0 Å². The van der Waals surface area contributed by atoms with E-state index in [1.165, 1.54) is 22.9 Å². The van der Waals surface area contributed by atoms with E-state index in [0.29, 0.717) is 12.3 Å². The van der Waals surface area contributed by atoms with Gasteiger partial charge in [-0.05, 0) is 50.2 Å². The van der Waals surface area contributed by atoms with Crippen molar-refractivity contribution in [2.75, 3.05) is 31.9 Å². The van der Waals surface area contributed by atoms with Crippen LogP contribution in [0.15, 0.2) is 29.7 Å². The summed E-state index contributed by atoms with van der Waals surface area (Å²) in [5.74, 6) is 0.355. The Labute approximate surface area is 154 Å². The number of carbonyl (C=O) groups excluding carboxylic acids is 1. The minimum Gasteiger partial charge on any atom is -0.354 e. The van der Waals surface area contributed by atoms with Gasteiger partial charge in [-0.15, -0.1) is 10.2 Å². The van der Waals surface area contributed by atoms with Gasteiger partial charge in [-0.1, -0.05) is 31.7 Å². The smallest absolute Gasteiger partial charge is 0.230 e. The van der Waals surface area contributed by atoms with Crippen LogP contribution in [0.4, 0.5) is 0 Å². The van der Waals surface area contributed by atoms with Crippen molar-refractivity contribution in [2.24, 2.45) is 0 Å². The maximum Gasteiger partial charge on any atom is 0.230 e. The number of thioether (sulfide) groups is 1. The fourth-order valence-corrected chi connectivity index (χ4v) is 3.21. The maximum atomic E-state index is 12.0. The third-order valence-electron chi connectivity index (χ3n) is 4.26. The zero-order valence-corrected chi connectivity index (χ0v) is 16.3. The third kappa shape index (κ3) is 5.57. The molecule has 0 unspecified atom stereocenters. The summed E-state index contributed by atoms with van der Waals surface area (Å²) in [4.78, 5) is 14.3. The Bertz CT molecular complexity index is 697. The molecular formula is C18H27N5OS. The number of carbonyl (C=O) groups is 1. The number of likely N-dealkylation sites (N-methyl/N-ethyl adjacent to an activating group) is 1. The zero-order valence-electron chi connectivity index (χ0n) is 15.5. The van der Waals surface area contributed by atoms with Crippen molar-refractivity contribution in [3.63, 3.8) is 0 Å². The van der Waals surface area contributed by atoms with Gasteiger partial charge in [0.05, 0.1) is 5.75 Å². The summed E-state index contributed by atoms with van der Waals surface area (Å²) < 4.78 is 1.92. The molecule has 1 heterocycles. The molecule has 25 heavy (non-hydrogen) atoms. The van der Waals surface area contributed by atoms with Crippen LogP contribution in [0.5, 0.6) is 0 Å². The first-order chi connectivity index (χ1) is 12.0. The van der Waals surface area contributed by atoms with Crippen molar-refractivity contribution in [1.82, 2.24) is 25.0 Å². The fraction of sp³-hybridized carbons (Fsp3) is 0.500. The molecule has 2 aromatic rings. The van der Waals surface area contributed by atoms with Gasteiger partial charge in [0.1, 0.15) is 6.33 Å². The number of aryl methyl sites for hydroxylation is 2. The van der Waals surface area contributed by atoms with Crippen LogP contribution in [0.25, 0.3) is 5.69 Å². The highest BCUT2D eigenvalue weighted by atomic mass is 32.2. The van der Waals surface area contributed by atoms with Crippen LogP contribution in [0.3, 0.4) is 0 Å². The van der Waals surface area contributed by atoms with E-state index < -0.39 is 0 Å². The Kier molecular flexibility index (Phi) is 7.46. The maximum absolute atomic E-state index is 12.0. The van der Waals surface area contributed by atoms with E-state index in [4.69, 9.17) is 0 Å². The first-order valence-corrected chi connectivity index (χ1v) is 9.63. The molecular weight excluding hydrogens is 334 g/mol. The molecule has 0 aliphatic carbocycles. The molecule has 136 valence electrons. The second-order valence-corrected chi connectivity index (χ2v) is 6.86. The molecule has 0 saturated heterocycles. The highest BCUT2D eigenvalue weighted by Crippen LogP contribution is 2.21. The summed E-state index contributed by atoms with van der Waals surface area (Å²) in [5.41, 5.74) is 3.48. The quantitative estimate of drug-likeness (QED) is 0.695. The Morgan fingerprint density at radius 3 is 2.68 bits per heavy atom. The predicted octanol–water partition coefficient (Wildman–Crippen LogP) is 2.43. The molecule has 0 aliphatic heterocycles. The van der Waals surface area contributed by atoms with Gasteiger partial charge in [0, 0.05) is 18.8 Å². The largest absolute Gasteiger partial charge is 0.354 e. The molecule has 1 N–H and O–H groups in total. The summed E-state index contributed by atoms with van der Waals surface area (Å²) >= 11 is 1.40. The normalized spacial score (nSPS) is 11.1. The first-order valence-electron chi connectivity index (χ1n) is 8.64. The topological polar surface area (TPSA) is 63.1 Å². The number of benzene rings is 1. The molecule has 6 nitrogen and oxygen atoms in total. The summed E-state index contributed by atoms with van der Waals surface area (Å²) in [6.07, 6.45) is 1.69. The average Bonchev–Trinajstić information content (AvgIpc) is 3.08. The molecule has 2 rings (SSSR count). The summed E-state index contributed by atoms with van der Waals surface area (Å²) in [7, 11) is 0. The summed E-state index contributed by atoms with van der Waals surface area (Å²) in [6, 6.07) is 6.23. The van der Waals surface area contributed by atoms with E-state index in [2.05, 4.69) is 60.2 Å². The SMILES string of the molecule is CCN(CC)CCNC(=O)CSc1nncn1-c1ccc(C)c(C)c1. The lowest BCUT2D eigenvalue weighted by molar-refractivity contribution is -0.118. The first kappa shape index (κ1) is 19.5. The Balaban J connectivity index is 1.88. The predicted molar refractivity (Wildman–Crippen MR) is 102 cm³/mol. The minimum absolute atomic E-state index is 0.0202. The lowest BCUT2D eigenvalue weighted by atomic mass is 10.1. The number of nitrogens with zero attached hydrogens (tertiary/aromatic N) is 4. The van der Waals surface area contributed by atoms with Crippen LogP contribution >= 0.6 is 11.8 Å². The molecule has 7 heteroatoms. The summed E-state index contributed by atoms with van der Waals surface area (Å²) in [6.45, 7) is 12.0. The van der Waals surface area contributed by atoms with Crippen LogP contribution in [0, 0.1) is 13.8 Å². The van der Waals surface area contributed by atoms with E-state index in [0.717, 1.165) is 30.5 Å². The molecule has 1 aromatic carbocycles. The Hall–Kier alpha value is -1.86. The van der Waals surface area contributed by atoms with Gasteiger partial charge < -0.3 is 10.2 Å². The number of nitrogens with one attached hydrogen (secondary N) is 1. The molecule has 0 spiro atoms. The number of hydrogen-bond acceptors (Lipinski definition) is 5. The molecule has 1 aromatic heterocycles. The highest BCUT2D eigenvalue weighted by Gasteiger charge is 2.11. The molecule has 0 saturated carbocycles. The standard InChI is InChI=1S/C18H27N5OS/c1-5-22(6-2)10-9-19-17(24)12-25-18-21-20-13-23(18)16-8-7-14(3)15(4)11-16/h7-8,11,13H,5-6,9-10,12H2,1-4H3,(H,19,24). The lowest BCUT2D eigenvalue weighted by Gasteiger charge is -2.17. The number of hydrogen-bond donors (Lipinski definition) is 1. The van der Waals surface area contributed by atoms with Gasteiger partial charge in [0.15, 0.2) is 5.16 Å². The Morgan fingerprint density at radius 1 is 1.24 bits per heavy atom. The zero-order chi connectivity index (χ0) is 18.2. The van der Waals surface area contributed by atoms with Gasteiger partial charge in [0.2, 0.25) is 5.91 Å². The lowest BCUT2D eigenvalue weighted by Crippen LogP contribution is -2.35. The van der Waals surface area contributed by atoms with Crippen molar-refractivity contribution < 1.29 is 4.79 Å². The van der Waals surface area contributed by atoms with E-state index in [1.54, 1.807) is 6.33 Å². The van der Waals surface area contributed by atoms with Crippen LogP contribution in [0.1, 0.15) is 25.0 Å². The van der Waals surface area contributed by atoms with Gasteiger partial charge in [-0.2, -0.15) is 0 Å². The molecule has 0 aliphatic rings. The number of aromatic nitrogens is 3. The van der Waals surface area contributed by atoms with Crippen LogP contribution < -0.4 is 5.32 Å². The average molecular weight is 362 g/mol. The van der Waals surface area contributed by atoms with Gasteiger partial charge in [0.25, 0.3) is 0 Å². The Morgan fingerprint density at radius 2 is 2.00 bits per heavy atom. The molecule has 0 radical (unpaired) electrons. The second-order valence-electron chi connectivity index (χ2n) is 5.92. The highest BCUT2D eigenvalue weighted by molar-refractivity contribution is 7.99. The van der Waals surface area contributed by atoms with Crippen LogP contribution in [-0.2, 0) is 4.79 Å². The van der Waals surface area contributed by atoms with Gasteiger partial charge in [-0.3, -0.25) is 9.36 Å².